The monoisotopic (exact) mass is 346 g/mol. The van der Waals surface area contributed by atoms with Gasteiger partial charge in [0.05, 0.1) is 25.1 Å². The van der Waals surface area contributed by atoms with Gasteiger partial charge >= 0.3 is 6.09 Å². The third kappa shape index (κ3) is 6.74. The molecule has 0 radical (unpaired) electrons. The summed E-state index contributed by atoms with van der Waals surface area (Å²) in [7, 11) is 1.96. The first-order valence-corrected chi connectivity index (χ1v) is 8.22. The van der Waals surface area contributed by atoms with E-state index in [1.807, 2.05) is 62.8 Å². The lowest BCUT2D eigenvalue weighted by Gasteiger charge is -2.19. The normalized spacial score (nSPS) is 11.0. The van der Waals surface area contributed by atoms with Crippen LogP contribution < -0.4 is 15.4 Å². The number of rotatable bonds is 7. The van der Waals surface area contributed by atoms with Crippen LogP contribution in [0.25, 0.3) is 0 Å². The van der Waals surface area contributed by atoms with E-state index in [2.05, 4.69) is 15.6 Å². The number of aromatic nitrogens is 2. The molecule has 0 atom stereocenters. The highest BCUT2D eigenvalue weighted by Crippen LogP contribution is 2.18. The van der Waals surface area contributed by atoms with Gasteiger partial charge in [-0.15, -0.1) is 0 Å². The molecule has 0 bridgehead atoms. The van der Waals surface area contributed by atoms with Crippen molar-refractivity contribution in [2.45, 2.75) is 32.9 Å². The van der Waals surface area contributed by atoms with Crippen LogP contribution in [-0.4, -0.2) is 34.4 Å². The molecule has 0 unspecified atom stereocenters. The lowest BCUT2D eigenvalue weighted by Crippen LogP contribution is -2.34. The van der Waals surface area contributed by atoms with E-state index in [1.165, 1.54) is 0 Å². The smallest absolute Gasteiger partial charge is 0.407 e. The number of alkyl carbamates (subject to hydrolysis) is 1. The van der Waals surface area contributed by atoms with Gasteiger partial charge < -0.3 is 24.7 Å². The number of aryl methyl sites for hydroxylation is 1. The number of nitrogens with one attached hydrogen (secondary N) is 2. The summed E-state index contributed by atoms with van der Waals surface area (Å²) < 4.78 is 12.8. The van der Waals surface area contributed by atoms with Crippen molar-refractivity contribution in [3.8, 4) is 5.75 Å². The summed E-state index contributed by atoms with van der Waals surface area (Å²) in [6.45, 7) is 6.90. The topological polar surface area (TPSA) is 77.4 Å². The van der Waals surface area contributed by atoms with Crippen molar-refractivity contribution in [3.05, 3.63) is 42.5 Å². The highest BCUT2D eigenvalue weighted by molar-refractivity contribution is 5.67. The van der Waals surface area contributed by atoms with Gasteiger partial charge in [-0.2, -0.15) is 0 Å². The number of amides is 1. The first kappa shape index (κ1) is 18.6. The molecule has 7 nitrogen and oxygen atoms in total. The zero-order valence-electron chi connectivity index (χ0n) is 15.2. The molecule has 0 spiro atoms. The van der Waals surface area contributed by atoms with Gasteiger partial charge in [-0.25, -0.2) is 9.78 Å². The molecule has 7 heteroatoms. The lowest BCUT2D eigenvalue weighted by atomic mass is 10.2. The molecule has 0 aliphatic heterocycles. The van der Waals surface area contributed by atoms with E-state index in [1.54, 1.807) is 6.33 Å². The van der Waals surface area contributed by atoms with Crippen LogP contribution in [0.1, 0.15) is 26.5 Å². The van der Waals surface area contributed by atoms with Gasteiger partial charge in [-0.05, 0) is 32.9 Å². The highest BCUT2D eigenvalue weighted by Gasteiger charge is 2.15. The zero-order chi connectivity index (χ0) is 18.3. The van der Waals surface area contributed by atoms with Crippen LogP contribution in [0.3, 0.4) is 0 Å². The van der Waals surface area contributed by atoms with E-state index >= 15 is 0 Å². The molecule has 0 fully saturated rings. The fourth-order valence-corrected chi connectivity index (χ4v) is 2.08. The third-order valence-corrected chi connectivity index (χ3v) is 3.26. The molecule has 2 rings (SSSR count). The predicted molar refractivity (Wildman–Crippen MR) is 96.7 cm³/mol. The Morgan fingerprint density at radius 1 is 1.32 bits per heavy atom. The molecule has 25 heavy (non-hydrogen) atoms. The maximum Gasteiger partial charge on any atom is 0.407 e. The van der Waals surface area contributed by atoms with Crippen LogP contribution in [0.2, 0.25) is 0 Å². The minimum Gasteiger partial charge on any atom is -0.492 e. The summed E-state index contributed by atoms with van der Waals surface area (Å²) in [6, 6.07) is 7.69. The van der Waals surface area contributed by atoms with Crippen molar-refractivity contribution in [2.24, 2.45) is 7.05 Å². The van der Waals surface area contributed by atoms with Gasteiger partial charge in [-0.1, -0.05) is 6.07 Å². The van der Waals surface area contributed by atoms with Crippen molar-refractivity contribution in [3.63, 3.8) is 0 Å². The average molecular weight is 346 g/mol. The van der Waals surface area contributed by atoms with Crippen LogP contribution in [0.4, 0.5) is 10.5 Å². The third-order valence-electron chi connectivity index (χ3n) is 3.26. The van der Waals surface area contributed by atoms with Crippen molar-refractivity contribution in [2.75, 3.05) is 18.5 Å². The molecule has 2 aromatic rings. The van der Waals surface area contributed by atoms with Crippen molar-refractivity contribution in [1.82, 2.24) is 14.9 Å². The zero-order valence-corrected chi connectivity index (χ0v) is 15.2. The quantitative estimate of drug-likeness (QED) is 0.754. The Labute approximate surface area is 148 Å². The molecule has 1 aromatic carbocycles. The van der Waals surface area contributed by atoms with E-state index in [4.69, 9.17) is 9.47 Å². The Kier molecular flexibility index (Phi) is 6.27. The fraction of sp³-hybridized carbons (Fsp3) is 0.444. The largest absolute Gasteiger partial charge is 0.492 e. The number of hydrogen-bond acceptors (Lipinski definition) is 5. The second kappa shape index (κ2) is 8.41. The molecule has 1 aromatic heterocycles. The molecule has 136 valence electrons. The predicted octanol–water partition coefficient (Wildman–Crippen LogP) is 2.94. The van der Waals surface area contributed by atoms with Gasteiger partial charge in [0, 0.05) is 25.0 Å². The first-order valence-electron chi connectivity index (χ1n) is 8.22. The van der Waals surface area contributed by atoms with E-state index in [0.29, 0.717) is 19.7 Å². The van der Waals surface area contributed by atoms with Crippen molar-refractivity contribution >= 4 is 11.8 Å². The number of imidazole rings is 1. The Hall–Kier alpha value is -2.70. The minimum atomic E-state index is -0.501. The SMILES string of the molecule is Cn1cncc1CNc1cccc(OCCNC(=O)OC(C)(C)C)c1. The number of carbonyl (C=O) groups is 1. The van der Waals surface area contributed by atoms with E-state index in [0.717, 1.165) is 17.1 Å². The van der Waals surface area contributed by atoms with Crippen LogP contribution in [0.15, 0.2) is 36.8 Å². The summed E-state index contributed by atoms with van der Waals surface area (Å²) in [5, 5.41) is 5.99. The summed E-state index contributed by atoms with van der Waals surface area (Å²) in [6.07, 6.45) is 3.16. The van der Waals surface area contributed by atoms with Gasteiger partial charge in [0.2, 0.25) is 0 Å². The second-order valence-electron chi connectivity index (χ2n) is 6.65. The molecule has 0 saturated carbocycles. The van der Waals surface area contributed by atoms with Crippen LogP contribution in [0, 0.1) is 0 Å². The van der Waals surface area contributed by atoms with E-state index in [9.17, 15) is 4.79 Å². The van der Waals surface area contributed by atoms with Crippen LogP contribution >= 0.6 is 0 Å². The van der Waals surface area contributed by atoms with Crippen molar-refractivity contribution in [1.29, 1.82) is 0 Å². The number of carbonyl (C=O) groups excluding carboxylic acids is 1. The summed E-state index contributed by atoms with van der Waals surface area (Å²) >= 11 is 0. The Morgan fingerprint density at radius 3 is 2.80 bits per heavy atom. The second-order valence-corrected chi connectivity index (χ2v) is 6.65. The molecule has 1 amide bonds. The fourth-order valence-electron chi connectivity index (χ4n) is 2.08. The molecular weight excluding hydrogens is 320 g/mol. The Bertz CT molecular complexity index is 692. The molecule has 0 aliphatic rings. The molecule has 1 heterocycles. The highest BCUT2D eigenvalue weighted by atomic mass is 16.6. The van der Waals surface area contributed by atoms with Gasteiger partial charge in [0.25, 0.3) is 0 Å². The summed E-state index contributed by atoms with van der Waals surface area (Å²) in [4.78, 5) is 15.6. The van der Waals surface area contributed by atoms with E-state index < -0.39 is 11.7 Å². The average Bonchev–Trinajstić information content (AvgIpc) is 2.93. The van der Waals surface area contributed by atoms with Gasteiger partial charge in [0.1, 0.15) is 18.0 Å². The Balaban J connectivity index is 1.74. The maximum atomic E-state index is 11.5. The number of anilines is 1. The molecular formula is C18H26N4O3. The van der Waals surface area contributed by atoms with Crippen molar-refractivity contribution < 1.29 is 14.3 Å². The number of nitrogens with zero attached hydrogens (tertiary/aromatic N) is 2. The Morgan fingerprint density at radius 2 is 2.12 bits per heavy atom. The number of hydrogen-bond donors (Lipinski definition) is 2. The maximum absolute atomic E-state index is 11.5. The van der Waals surface area contributed by atoms with Gasteiger partial charge in [0.15, 0.2) is 0 Å². The molecule has 0 saturated heterocycles. The first-order chi connectivity index (χ1) is 11.8. The number of benzene rings is 1. The standard InChI is InChI=1S/C18H26N4O3/c1-18(2,3)25-17(23)20-8-9-24-16-7-5-6-14(10-16)21-12-15-11-19-13-22(15)4/h5-7,10-11,13,21H,8-9,12H2,1-4H3,(H,20,23). The summed E-state index contributed by atoms with van der Waals surface area (Å²) in [5.74, 6) is 0.737. The van der Waals surface area contributed by atoms with Crippen LogP contribution in [0.5, 0.6) is 5.75 Å². The lowest BCUT2D eigenvalue weighted by molar-refractivity contribution is 0.0520. The molecule has 0 aliphatic carbocycles. The number of ether oxygens (including phenoxy) is 2. The van der Waals surface area contributed by atoms with Crippen LogP contribution in [-0.2, 0) is 18.3 Å². The van der Waals surface area contributed by atoms with E-state index in [-0.39, 0.29) is 0 Å². The minimum absolute atomic E-state index is 0.366. The summed E-state index contributed by atoms with van der Waals surface area (Å²) in [5.41, 5.74) is 1.55. The van der Waals surface area contributed by atoms with Gasteiger partial charge in [-0.3, -0.25) is 0 Å². The molecule has 2 N–H and O–H groups in total.